The van der Waals surface area contributed by atoms with Gasteiger partial charge in [0.2, 0.25) is 0 Å². The molecular formula is C24H40N4OS. The van der Waals surface area contributed by atoms with Crippen LogP contribution in [0.15, 0.2) is 16.9 Å². The van der Waals surface area contributed by atoms with Gasteiger partial charge in [0.1, 0.15) is 10.0 Å². The van der Waals surface area contributed by atoms with Gasteiger partial charge in [-0.25, -0.2) is 9.99 Å². The van der Waals surface area contributed by atoms with Crippen molar-refractivity contribution in [2.75, 3.05) is 25.0 Å². The quantitative estimate of drug-likeness (QED) is 0.285. The number of thiazole rings is 1. The Kier molecular flexibility index (Phi) is 9.53. The number of hydrazone groups is 1. The van der Waals surface area contributed by atoms with E-state index < -0.39 is 0 Å². The van der Waals surface area contributed by atoms with Crippen LogP contribution in [0.1, 0.15) is 91.0 Å². The summed E-state index contributed by atoms with van der Waals surface area (Å²) in [6.45, 7) is 12.9. The van der Waals surface area contributed by atoms with Crippen molar-refractivity contribution in [3.63, 3.8) is 0 Å². The minimum atomic E-state index is -0.184. The Hall–Kier alpha value is -1.69. The molecule has 1 aromatic heterocycles. The number of rotatable bonds is 12. The molecule has 168 valence electrons. The summed E-state index contributed by atoms with van der Waals surface area (Å²) in [5.41, 5.74) is 1.32. The number of nitrogens with zero attached hydrogens (tertiary/aromatic N) is 4. The van der Waals surface area contributed by atoms with E-state index in [4.69, 9.17) is 0 Å². The second-order valence-electron chi connectivity index (χ2n) is 9.23. The number of carbonyl (C=O) groups is 1. The molecule has 1 aliphatic rings. The Balaban J connectivity index is 2.15. The highest BCUT2D eigenvalue weighted by atomic mass is 32.1. The molecule has 1 amide bonds. The molecule has 5 nitrogen and oxygen atoms in total. The van der Waals surface area contributed by atoms with Gasteiger partial charge in [0.05, 0.1) is 17.5 Å². The molecule has 2 rings (SSSR count). The molecule has 0 saturated heterocycles. The Morgan fingerprint density at radius 3 is 2.17 bits per heavy atom. The predicted octanol–water partition coefficient (Wildman–Crippen LogP) is 6.37. The number of carbonyl (C=O) groups excluding carboxylic acids is 1. The second kappa shape index (κ2) is 11.6. The van der Waals surface area contributed by atoms with Gasteiger partial charge >= 0.3 is 0 Å². The van der Waals surface area contributed by atoms with Crippen LogP contribution in [-0.2, 0) is 4.79 Å². The first-order valence-electron chi connectivity index (χ1n) is 11.6. The van der Waals surface area contributed by atoms with E-state index in [0.717, 1.165) is 23.8 Å². The van der Waals surface area contributed by atoms with Gasteiger partial charge in [-0.15, -0.1) is 0 Å². The first-order chi connectivity index (χ1) is 14.3. The molecule has 0 fully saturated rings. The minimum Gasteiger partial charge on any atom is -0.362 e. The lowest BCUT2D eigenvalue weighted by molar-refractivity contribution is -0.124. The third-order valence-electron chi connectivity index (χ3n) is 5.39. The molecule has 2 heterocycles. The van der Waals surface area contributed by atoms with Gasteiger partial charge < -0.3 is 4.90 Å². The van der Waals surface area contributed by atoms with Crippen LogP contribution in [0.3, 0.4) is 0 Å². The average Bonchev–Trinajstić information content (AvgIpc) is 3.27. The number of hydrogen-bond donors (Lipinski definition) is 0. The maximum absolute atomic E-state index is 12.6. The van der Waals surface area contributed by atoms with Gasteiger partial charge in [-0.05, 0) is 18.9 Å². The molecule has 1 aliphatic heterocycles. The lowest BCUT2D eigenvalue weighted by Crippen LogP contribution is -2.24. The fraction of sp³-hybridized carbons (Fsp3) is 0.708. The zero-order valence-electron chi connectivity index (χ0n) is 19.8. The number of anilines is 1. The van der Waals surface area contributed by atoms with E-state index in [-0.39, 0.29) is 11.3 Å². The van der Waals surface area contributed by atoms with Crippen LogP contribution in [0.5, 0.6) is 0 Å². The normalized spacial score (nSPS) is 15.9. The van der Waals surface area contributed by atoms with Gasteiger partial charge in [0, 0.05) is 25.6 Å². The smallest absolute Gasteiger partial charge is 0.275 e. The standard InChI is InChI=1S/C24H40N4OS/c1-7-9-11-13-15-28(16-14-12-10-8-2)21-18-25-20(30-21)17-19-22(24(3,4)5)26-27(6)23(19)29/h17-18H,7-16H2,1-6H3. The summed E-state index contributed by atoms with van der Waals surface area (Å²) in [6, 6.07) is 0. The Labute approximate surface area is 187 Å². The third-order valence-corrected chi connectivity index (χ3v) is 6.40. The Morgan fingerprint density at radius 1 is 1.03 bits per heavy atom. The van der Waals surface area contributed by atoms with Crippen LogP contribution < -0.4 is 4.90 Å². The summed E-state index contributed by atoms with van der Waals surface area (Å²) in [5.74, 6) is -0.0485. The van der Waals surface area contributed by atoms with E-state index in [1.165, 1.54) is 61.4 Å². The van der Waals surface area contributed by atoms with Crippen molar-refractivity contribution in [2.45, 2.75) is 86.0 Å². The topological polar surface area (TPSA) is 48.8 Å². The van der Waals surface area contributed by atoms with Crippen molar-refractivity contribution in [3.8, 4) is 0 Å². The Bertz CT molecular complexity index is 733. The van der Waals surface area contributed by atoms with Crippen LogP contribution >= 0.6 is 11.3 Å². The number of amides is 1. The molecule has 0 spiro atoms. The minimum absolute atomic E-state index is 0.0485. The molecule has 0 radical (unpaired) electrons. The maximum atomic E-state index is 12.6. The molecule has 0 N–H and O–H groups in total. The van der Waals surface area contributed by atoms with Crippen molar-refractivity contribution in [1.29, 1.82) is 0 Å². The summed E-state index contributed by atoms with van der Waals surface area (Å²) in [7, 11) is 1.72. The van der Waals surface area contributed by atoms with E-state index in [1.807, 2.05) is 12.3 Å². The van der Waals surface area contributed by atoms with Crippen LogP contribution in [-0.4, -0.2) is 41.7 Å². The molecule has 0 unspecified atom stereocenters. The summed E-state index contributed by atoms with van der Waals surface area (Å²) < 4.78 is 0. The van der Waals surface area contributed by atoms with Crippen LogP contribution in [0.25, 0.3) is 6.08 Å². The maximum Gasteiger partial charge on any atom is 0.275 e. The fourth-order valence-electron chi connectivity index (χ4n) is 3.62. The first kappa shape index (κ1) is 24.6. The SMILES string of the molecule is CCCCCCN(CCCCCC)c1cnc(C=C2C(=O)N(C)N=C2C(C)(C)C)s1. The largest absolute Gasteiger partial charge is 0.362 e. The van der Waals surface area contributed by atoms with Gasteiger partial charge in [0.15, 0.2) is 0 Å². The van der Waals surface area contributed by atoms with Crippen molar-refractivity contribution in [3.05, 3.63) is 16.8 Å². The number of unbranched alkanes of at least 4 members (excludes halogenated alkanes) is 6. The highest BCUT2D eigenvalue weighted by molar-refractivity contribution is 7.16. The van der Waals surface area contributed by atoms with Crippen LogP contribution in [0, 0.1) is 5.41 Å². The van der Waals surface area contributed by atoms with Crippen molar-refractivity contribution in [1.82, 2.24) is 9.99 Å². The highest BCUT2D eigenvalue weighted by Crippen LogP contribution is 2.31. The molecular weight excluding hydrogens is 392 g/mol. The third kappa shape index (κ3) is 6.93. The fourth-order valence-corrected chi connectivity index (χ4v) is 4.53. The van der Waals surface area contributed by atoms with Gasteiger partial charge in [-0.3, -0.25) is 4.79 Å². The first-order valence-corrected chi connectivity index (χ1v) is 12.4. The van der Waals surface area contributed by atoms with Crippen molar-refractivity contribution < 1.29 is 4.79 Å². The van der Waals surface area contributed by atoms with E-state index in [1.54, 1.807) is 18.4 Å². The summed E-state index contributed by atoms with van der Waals surface area (Å²) in [4.78, 5) is 19.8. The summed E-state index contributed by atoms with van der Waals surface area (Å²) in [5, 5.41) is 8.01. The van der Waals surface area contributed by atoms with Crippen molar-refractivity contribution >= 4 is 34.0 Å². The molecule has 0 saturated carbocycles. The van der Waals surface area contributed by atoms with Gasteiger partial charge in [-0.1, -0.05) is 84.5 Å². The van der Waals surface area contributed by atoms with Crippen LogP contribution in [0.4, 0.5) is 5.00 Å². The predicted molar refractivity (Wildman–Crippen MR) is 130 cm³/mol. The van der Waals surface area contributed by atoms with Crippen molar-refractivity contribution in [2.24, 2.45) is 10.5 Å². The van der Waals surface area contributed by atoms with Gasteiger partial charge in [-0.2, -0.15) is 5.10 Å². The van der Waals surface area contributed by atoms with E-state index in [2.05, 4.69) is 49.6 Å². The molecule has 6 heteroatoms. The zero-order chi connectivity index (χ0) is 22.1. The lowest BCUT2D eigenvalue weighted by Gasteiger charge is -2.22. The molecule has 0 aromatic carbocycles. The zero-order valence-corrected chi connectivity index (χ0v) is 20.6. The average molecular weight is 433 g/mol. The lowest BCUT2D eigenvalue weighted by atomic mass is 9.85. The second-order valence-corrected chi connectivity index (χ2v) is 10.3. The molecule has 30 heavy (non-hydrogen) atoms. The van der Waals surface area contributed by atoms with E-state index in [0.29, 0.717) is 5.57 Å². The number of likely N-dealkylation sites (N-methyl/N-ethyl adjacent to an activating group) is 1. The van der Waals surface area contributed by atoms with E-state index >= 15 is 0 Å². The molecule has 0 atom stereocenters. The molecule has 1 aromatic rings. The molecule has 0 bridgehead atoms. The number of hydrogen-bond acceptors (Lipinski definition) is 5. The Morgan fingerprint density at radius 2 is 1.63 bits per heavy atom. The van der Waals surface area contributed by atoms with Crippen LogP contribution in [0.2, 0.25) is 0 Å². The highest BCUT2D eigenvalue weighted by Gasteiger charge is 2.35. The van der Waals surface area contributed by atoms with E-state index in [9.17, 15) is 4.79 Å². The molecule has 0 aliphatic carbocycles. The summed E-state index contributed by atoms with van der Waals surface area (Å²) in [6.07, 6.45) is 14.0. The monoisotopic (exact) mass is 432 g/mol. The summed E-state index contributed by atoms with van der Waals surface area (Å²) >= 11 is 1.68. The van der Waals surface area contributed by atoms with Gasteiger partial charge in [0.25, 0.3) is 5.91 Å². The number of aromatic nitrogens is 1.